The summed E-state index contributed by atoms with van der Waals surface area (Å²) >= 11 is 0. The van der Waals surface area contributed by atoms with Gasteiger partial charge >= 0.3 is 6.03 Å². The average molecular weight is 462 g/mol. The zero-order chi connectivity index (χ0) is 24.9. The number of nitrogens with zero attached hydrogens (tertiary/aromatic N) is 2. The normalized spacial score (nSPS) is 18.7. The molecule has 1 fully saturated rings. The molecule has 2 aliphatic heterocycles. The molecule has 4 rings (SSSR count). The number of anilines is 2. The van der Waals surface area contributed by atoms with Crippen LogP contribution in [0.15, 0.2) is 42.0 Å². The molecule has 34 heavy (non-hydrogen) atoms. The molecule has 7 heteroatoms. The van der Waals surface area contributed by atoms with Crippen LogP contribution >= 0.6 is 0 Å². The molecule has 2 aromatic carbocycles. The van der Waals surface area contributed by atoms with Crippen LogP contribution < -0.4 is 15.1 Å². The predicted molar refractivity (Wildman–Crippen MR) is 132 cm³/mol. The summed E-state index contributed by atoms with van der Waals surface area (Å²) in [5.74, 6) is -2.19. The number of barbiturate groups is 1. The van der Waals surface area contributed by atoms with Gasteiger partial charge in [-0.15, -0.1) is 0 Å². The molecule has 0 aliphatic carbocycles. The van der Waals surface area contributed by atoms with Crippen molar-refractivity contribution in [3.05, 3.63) is 70.1 Å². The number of nitrogens with one attached hydrogen (secondary N) is 1. The smallest absolute Gasteiger partial charge is 0.335 e. The molecule has 2 aliphatic rings. The van der Waals surface area contributed by atoms with E-state index in [0.717, 1.165) is 32.9 Å². The molecule has 0 bridgehead atoms. The van der Waals surface area contributed by atoms with Gasteiger partial charge in [0.1, 0.15) is 11.4 Å². The molecular weight excluding hydrogens is 433 g/mol. The van der Waals surface area contributed by atoms with Gasteiger partial charge in [-0.3, -0.25) is 14.9 Å². The molecule has 2 heterocycles. The largest absolute Gasteiger partial charge is 0.363 e. The number of rotatable bonds is 3. The maximum atomic E-state index is 15.3. The summed E-state index contributed by atoms with van der Waals surface area (Å²) in [6.07, 6.45) is 3.34. The highest BCUT2D eigenvalue weighted by Gasteiger charge is 2.37. The molecule has 0 aromatic heterocycles. The van der Waals surface area contributed by atoms with E-state index in [1.165, 1.54) is 12.1 Å². The number of imide groups is 2. The number of carbonyl (C=O) groups excluding carboxylic acids is 3. The highest BCUT2D eigenvalue weighted by Crippen LogP contribution is 2.40. The van der Waals surface area contributed by atoms with E-state index >= 15 is 4.39 Å². The Labute approximate surface area is 198 Å². The first kappa shape index (κ1) is 23.4. The SMILES string of the molecule is CCN1c2cc(F)c(/C=C3/C(=O)NC(=O)N(c4cc(C)cc(C)c4)C3=O)cc2C(C)=CC1(C)C. The van der Waals surface area contributed by atoms with Crippen molar-refractivity contribution < 1.29 is 18.8 Å². The van der Waals surface area contributed by atoms with Crippen LogP contribution in [0, 0.1) is 19.7 Å². The molecule has 6 nitrogen and oxygen atoms in total. The van der Waals surface area contributed by atoms with E-state index in [2.05, 4.69) is 30.1 Å². The van der Waals surface area contributed by atoms with Crippen LogP contribution in [0.2, 0.25) is 0 Å². The fraction of sp³-hybridized carbons (Fsp3) is 0.296. The van der Waals surface area contributed by atoms with Crippen molar-refractivity contribution in [2.45, 2.75) is 47.1 Å². The number of hydrogen-bond donors (Lipinski definition) is 1. The van der Waals surface area contributed by atoms with Gasteiger partial charge in [0.15, 0.2) is 0 Å². The van der Waals surface area contributed by atoms with Crippen molar-refractivity contribution >= 4 is 40.9 Å². The second-order valence-electron chi connectivity index (χ2n) is 9.42. The fourth-order valence-corrected chi connectivity index (χ4v) is 4.93. The third kappa shape index (κ3) is 3.91. The van der Waals surface area contributed by atoms with Gasteiger partial charge in [0.25, 0.3) is 11.8 Å². The maximum absolute atomic E-state index is 15.3. The van der Waals surface area contributed by atoms with Gasteiger partial charge in [-0.2, -0.15) is 0 Å². The summed E-state index contributed by atoms with van der Waals surface area (Å²) in [6.45, 7) is 12.5. The number of fused-ring (bicyclic) bond motifs is 1. The topological polar surface area (TPSA) is 69.7 Å². The highest BCUT2D eigenvalue weighted by molar-refractivity contribution is 6.39. The van der Waals surface area contributed by atoms with Crippen LogP contribution in [-0.4, -0.2) is 29.9 Å². The summed E-state index contributed by atoms with van der Waals surface area (Å²) < 4.78 is 15.3. The Morgan fingerprint density at radius 1 is 1.00 bits per heavy atom. The van der Waals surface area contributed by atoms with Crippen LogP contribution in [0.5, 0.6) is 0 Å². The van der Waals surface area contributed by atoms with Crippen molar-refractivity contribution in [3.8, 4) is 0 Å². The van der Waals surface area contributed by atoms with Gasteiger partial charge < -0.3 is 4.90 Å². The van der Waals surface area contributed by atoms with Crippen molar-refractivity contribution in [2.75, 3.05) is 16.3 Å². The lowest BCUT2D eigenvalue weighted by atomic mass is 9.87. The standard InChI is InChI=1S/C27H28FN3O3/c1-7-30-23-13-22(28)18(11-20(23)17(4)14-27(30,5)6)12-21-24(32)29-26(34)31(25(21)33)19-9-15(2)8-16(3)10-19/h8-14H,7H2,1-6H3,(H,29,32,34)/b21-12-. The van der Waals surface area contributed by atoms with Gasteiger partial charge in [0.2, 0.25) is 0 Å². The third-order valence-electron chi connectivity index (χ3n) is 6.28. The molecule has 0 atom stereocenters. The minimum atomic E-state index is -0.851. The van der Waals surface area contributed by atoms with Crippen molar-refractivity contribution in [1.82, 2.24) is 5.32 Å². The minimum Gasteiger partial charge on any atom is -0.363 e. The molecule has 0 saturated carbocycles. The fourth-order valence-electron chi connectivity index (χ4n) is 4.93. The van der Waals surface area contributed by atoms with Gasteiger partial charge in [0, 0.05) is 23.4 Å². The first-order chi connectivity index (χ1) is 15.9. The quantitative estimate of drug-likeness (QED) is 0.508. The number of likely N-dealkylation sites (N-methyl/N-ethyl adjacent to an activating group) is 1. The number of benzene rings is 2. The zero-order valence-electron chi connectivity index (χ0n) is 20.2. The van der Waals surface area contributed by atoms with Crippen LogP contribution in [0.1, 0.15) is 49.9 Å². The van der Waals surface area contributed by atoms with E-state index in [9.17, 15) is 14.4 Å². The van der Waals surface area contributed by atoms with Crippen LogP contribution in [0.3, 0.4) is 0 Å². The molecule has 0 radical (unpaired) electrons. The summed E-state index contributed by atoms with van der Waals surface area (Å²) in [4.78, 5) is 41.4. The van der Waals surface area contributed by atoms with Crippen LogP contribution in [0.4, 0.5) is 20.6 Å². The molecule has 0 spiro atoms. The van der Waals surface area contributed by atoms with E-state index in [0.29, 0.717) is 12.2 Å². The molecule has 2 aromatic rings. The molecule has 0 unspecified atom stereocenters. The number of amides is 4. The van der Waals surface area contributed by atoms with E-state index < -0.39 is 23.7 Å². The zero-order valence-corrected chi connectivity index (χ0v) is 20.2. The second kappa shape index (κ2) is 8.24. The molecule has 4 amide bonds. The van der Waals surface area contributed by atoms with E-state index in [4.69, 9.17) is 0 Å². The molecular formula is C27H28FN3O3. The lowest BCUT2D eigenvalue weighted by Gasteiger charge is -2.43. The predicted octanol–water partition coefficient (Wildman–Crippen LogP) is 5.13. The maximum Gasteiger partial charge on any atom is 0.335 e. The Bertz CT molecular complexity index is 1290. The Kier molecular flexibility index (Phi) is 5.67. The van der Waals surface area contributed by atoms with Crippen LogP contribution in [-0.2, 0) is 9.59 Å². The lowest BCUT2D eigenvalue weighted by molar-refractivity contribution is -0.122. The molecule has 176 valence electrons. The number of carbonyl (C=O) groups is 3. The van der Waals surface area contributed by atoms with E-state index in [1.807, 2.05) is 33.8 Å². The summed E-state index contributed by atoms with van der Waals surface area (Å²) in [5, 5.41) is 2.20. The first-order valence-electron chi connectivity index (χ1n) is 11.2. The first-order valence-corrected chi connectivity index (χ1v) is 11.2. The number of urea groups is 1. The van der Waals surface area contributed by atoms with E-state index in [-0.39, 0.29) is 16.7 Å². The molecule has 1 N–H and O–H groups in total. The minimum absolute atomic E-state index is 0.107. The number of hydrogen-bond acceptors (Lipinski definition) is 4. The summed E-state index contributed by atoms with van der Waals surface area (Å²) in [6, 6.07) is 7.56. The number of aryl methyl sites for hydroxylation is 2. The van der Waals surface area contributed by atoms with Gasteiger partial charge in [-0.25, -0.2) is 14.1 Å². The van der Waals surface area contributed by atoms with Crippen LogP contribution in [0.25, 0.3) is 11.6 Å². The van der Waals surface area contributed by atoms with Gasteiger partial charge in [0.05, 0.1) is 11.2 Å². The Balaban J connectivity index is 1.81. The third-order valence-corrected chi connectivity index (χ3v) is 6.28. The van der Waals surface area contributed by atoms with E-state index in [1.54, 1.807) is 18.2 Å². The van der Waals surface area contributed by atoms with Crippen molar-refractivity contribution in [3.63, 3.8) is 0 Å². The summed E-state index contributed by atoms with van der Waals surface area (Å²) in [5.41, 5.74) is 4.19. The van der Waals surface area contributed by atoms with Gasteiger partial charge in [-0.05, 0) is 88.6 Å². The lowest BCUT2D eigenvalue weighted by Crippen LogP contribution is -2.54. The summed E-state index contributed by atoms with van der Waals surface area (Å²) in [7, 11) is 0. The average Bonchev–Trinajstić information content (AvgIpc) is 2.70. The van der Waals surface area contributed by atoms with Crippen molar-refractivity contribution in [2.24, 2.45) is 0 Å². The number of allylic oxidation sites excluding steroid dienone is 1. The Morgan fingerprint density at radius 3 is 2.26 bits per heavy atom. The Morgan fingerprint density at radius 2 is 1.65 bits per heavy atom. The number of halogens is 1. The van der Waals surface area contributed by atoms with Gasteiger partial charge in [-0.1, -0.05) is 12.1 Å². The van der Waals surface area contributed by atoms with Crippen molar-refractivity contribution in [1.29, 1.82) is 0 Å². The molecule has 1 saturated heterocycles. The highest BCUT2D eigenvalue weighted by atomic mass is 19.1. The second-order valence-corrected chi connectivity index (χ2v) is 9.42. The monoisotopic (exact) mass is 461 g/mol. The Hall–Kier alpha value is -3.74.